The summed E-state index contributed by atoms with van der Waals surface area (Å²) in [7, 11) is -3.97. The highest BCUT2D eigenvalue weighted by atomic mass is 79.9. The van der Waals surface area contributed by atoms with Crippen LogP contribution in [-0.2, 0) is 16.6 Å². The monoisotopic (exact) mass is 365 g/mol. The molecule has 2 aromatic heterocycles. The molecule has 0 unspecified atom stereocenters. The van der Waals surface area contributed by atoms with Crippen LogP contribution in [0.3, 0.4) is 0 Å². The van der Waals surface area contributed by atoms with Crippen LogP contribution in [0.5, 0.6) is 0 Å². The summed E-state index contributed by atoms with van der Waals surface area (Å²) in [4.78, 5) is 14.2. The first-order chi connectivity index (χ1) is 9.29. The van der Waals surface area contributed by atoms with E-state index in [1.54, 1.807) is 6.92 Å². The normalized spacial score (nSPS) is 11.7. The van der Waals surface area contributed by atoms with Crippen LogP contribution in [0.4, 0.5) is 0 Å². The van der Waals surface area contributed by atoms with Gasteiger partial charge < -0.3 is 14.0 Å². The van der Waals surface area contributed by atoms with Gasteiger partial charge in [0.1, 0.15) is 4.90 Å². The van der Waals surface area contributed by atoms with Crippen LogP contribution in [0.15, 0.2) is 24.6 Å². The standard InChI is InChI=1S/C9H8BrN3O6S/c1-4-12-7(19-13-4)3-11-20(16,17)6-2-5(9(14)15)18-8(6)10/h2,11H,3H2,1H3,(H,14,15). The minimum Gasteiger partial charge on any atom is -0.475 e. The number of aromatic carboxylic acids is 1. The van der Waals surface area contributed by atoms with Gasteiger partial charge >= 0.3 is 5.97 Å². The number of aryl methyl sites for hydroxylation is 1. The second-order valence-electron chi connectivity index (χ2n) is 3.61. The van der Waals surface area contributed by atoms with Gasteiger partial charge in [0, 0.05) is 6.07 Å². The Hall–Kier alpha value is -1.72. The van der Waals surface area contributed by atoms with Crippen LogP contribution in [-0.4, -0.2) is 29.6 Å². The molecule has 2 rings (SSSR count). The van der Waals surface area contributed by atoms with Gasteiger partial charge in [0.25, 0.3) is 0 Å². The largest absolute Gasteiger partial charge is 0.475 e. The maximum absolute atomic E-state index is 12.0. The zero-order valence-electron chi connectivity index (χ0n) is 9.95. The lowest BCUT2D eigenvalue weighted by Crippen LogP contribution is -2.23. The van der Waals surface area contributed by atoms with Crippen LogP contribution in [0.1, 0.15) is 22.3 Å². The number of nitrogens with one attached hydrogen (secondary N) is 1. The highest BCUT2D eigenvalue weighted by Crippen LogP contribution is 2.26. The van der Waals surface area contributed by atoms with E-state index in [0.717, 1.165) is 6.07 Å². The van der Waals surface area contributed by atoms with Gasteiger partial charge in [-0.25, -0.2) is 17.9 Å². The number of carbonyl (C=O) groups is 1. The maximum atomic E-state index is 12.0. The van der Waals surface area contributed by atoms with E-state index < -0.39 is 21.8 Å². The molecule has 0 aromatic carbocycles. The van der Waals surface area contributed by atoms with Gasteiger partial charge in [-0.3, -0.25) is 0 Å². The summed E-state index contributed by atoms with van der Waals surface area (Å²) in [5.74, 6) is -1.41. The Morgan fingerprint density at radius 1 is 1.55 bits per heavy atom. The molecule has 2 heterocycles. The SMILES string of the molecule is Cc1noc(CNS(=O)(=O)c2cc(C(=O)O)oc2Br)n1. The van der Waals surface area contributed by atoms with Crippen molar-refractivity contribution in [2.75, 3.05) is 0 Å². The Bertz CT molecular complexity index is 750. The third kappa shape index (κ3) is 3.05. The Morgan fingerprint density at radius 3 is 2.75 bits per heavy atom. The summed E-state index contributed by atoms with van der Waals surface area (Å²) in [6.07, 6.45) is 0. The molecule has 0 saturated carbocycles. The number of rotatable bonds is 5. The molecule has 0 aliphatic rings. The van der Waals surface area contributed by atoms with E-state index in [2.05, 4.69) is 30.8 Å². The first kappa shape index (κ1) is 14.7. The van der Waals surface area contributed by atoms with Crippen LogP contribution >= 0.6 is 15.9 Å². The van der Waals surface area contributed by atoms with Crippen molar-refractivity contribution < 1.29 is 27.3 Å². The van der Waals surface area contributed by atoms with Crippen molar-refractivity contribution in [3.05, 3.63) is 28.2 Å². The fourth-order valence-corrected chi connectivity index (χ4v) is 3.20. The van der Waals surface area contributed by atoms with E-state index in [1.807, 2.05) is 0 Å². The number of aromatic nitrogens is 2. The topological polar surface area (TPSA) is 136 Å². The van der Waals surface area contributed by atoms with Crippen LogP contribution in [0, 0.1) is 6.92 Å². The lowest BCUT2D eigenvalue weighted by molar-refractivity contribution is 0.0661. The summed E-state index contributed by atoms with van der Waals surface area (Å²) in [6, 6.07) is 0.897. The summed E-state index contributed by atoms with van der Waals surface area (Å²) in [5.41, 5.74) is 0. The third-order valence-corrected chi connectivity index (χ3v) is 4.40. The van der Waals surface area contributed by atoms with Crippen molar-refractivity contribution in [2.45, 2.75) is 18.4 Å². The number of carboxylic acids is 1. The first-order valence-electron chi connectivity index (χ1n) is 5.11. The molecule has 0 saturated heterocycles. The Morgan fingerprint density at radius 2 is 2.25 bits per heavy atom. The number of carboxylic acid groups (broad SMARTS) is 1. The van der Waals surface area contributed by atoms with E-state index in [9.17, 15) is 13.2 Å². The van der Waals surface area contributed by atoms with Crippen LogP contribution in [0.25, 0.3) is 0 Å². The third-order valence-electron chi connectivity index (χ3n) is 2.14. The van der Waals surface area contributed by atoms with Gasteiger partial charge in [-0.2, -0.15) is 4.98 Å². The number of halogens is 1. The van der Waals surface area contributed by atoms with Crippen molar-refractivity contribution in [3.8, 4) is 0 Å². The zero-order chi connectivity index (χ0) is 14.9. The molecule has 108 valence electrons. The first-order valence-corrected chi connectivity index (χ1v) is 7.38. The molecule has 0 spiro atoms. The molecule has 0 amide bonds. The van der Waals surface area contributed by atoms with Gasteiger partial charge in [-0.1, -0.05) is 5.16 Å². The zero-order valence-corrected chi connectivity index (χ0v) is 12.4. The van der Waals surface area contributed by atoms with E-state index in [1.165, 1.54) is 0 Å². The predicted octanol–water partition coefficient (Wildman–Crippen LogP) is 0.910. The fourth-order valence-electron chi connectivity index (χ4n) is 1.29. The minimum absolute atomic E-state index is 0.0872. The summed E-state index contributed by atoms with van der Waals surface area (Å²) >= 11 is 2.85. The Kier molecular flexibility index (Phi) is 3.92. The number of hydrogen-bond acceptors (Lipinski definition) is 7. The average molecular weight is 366 g/mol. The molecule has 0 fully saturated rings. The van der Waals surface area contributed by atoms with Gasteiger partial charge in [-0.15, -0.1) is 0 Å². The molecule has 0 radical (unpaired) electrons. The molecule has 0 bridgehead atoms. The smallest absolute Gasteiger partial charge is 0.371 e. The van der Waals surface area contributed by atoms with Crippen LogP contribution < -0.4 is 4.72 Å². The molecule has 20 heavy (non-hydrogen) atoms. The van der Waals surface area contributed by atoms with Gasteiger partial charge in [0.15, 0.2) is 10.5 Å². The molecule has 2 N–H and O–H groups in total. The van der Waals surface area contributed by atoms with Crippen molar-refractivity contribution in [2.24, 2.45) is 0 Å². The average Bonchev–Trinajstić information content (AvgIpc) is 2.93. The van der Waals surface area contributed by atoms with Crippen LogP contribution in [0.2, 0.25) is 0 Å². The van der Waals surface area contributed by atoms with E-state index >= 15 is 0 Å². The maximum Gasteiger partial charge on any atom is 0.371 e. The Balaban J connectivity index is 2.20. The Labute approximate surface area is 121 Å². The number of hydrogen-bond donors (Lipinski definition) is 2. The van der Waals surface area contributed by atoms with E-state index in [-0.39, 0.29) is 22.0 Å². The second-order valence-corrected chi connectivity index (χ2v) is 6.07. The van der Waals surface area contributed by atoms with Crippen molar-refractivity contribution >= 4 is 31.9 Å². The quantitative estimate of drug-likeness (QED) is 0.797. The molecular formula is C9H8BrN3O6S. The van der Waals surface area contributed by atoms with Gasteiger partial charge in [-0.05, 0) is 22.9 Å². The lowest BCUT2D eigenvalue weighted by atomic mass is 10.5. The van der Waals surface area contributed by atoms with E-state index in [4.69, 9.17) is 14.0 Å². The highest BCUT2D eigenvalue weighted by Gasteiger charge is 2.25. The minimum atomic E-state index is -3.97. The molecule has 9 nitrogen and oxygen atoms in total. The van der Waals surface area contributed by atoms with Crippen molar-refractivity contribution in [1.82, 2.24) is 14.9 Å². The number of nitrogens with zero attached hydrogens (tertiary/aromatic N) is 2. The summed E-state index contributed by atoms with van der Waals surface area (Å²) < 4.78 is 35.5. The molecule has 2 aromatic rings. The molecule has 11 heteroatoms. The summed E-state index contributed by atoms with van der Waals surface area (Å²) in [6.45, 7) is 1.37. The number of sulfonamides is 1. The highest BCUT2D eigenvalue weighted by molar-refractivity contribution is 9.10. The molecule has 0 atom stereocenters. The number of furan rings is 1. The molecule has 0 aliphatic carbocycles. The predicted molar refractivity (Wildman–Crippen MR) is 66.4 cm³/mol. The van der Waals surface area contributed by atoms with Gasteiger partial charge in [0.2, 0.25) is 21.7 Å². The molecule has 0 aliphatic heterocycles. The lowest BCUT2D eigenvalue weighted by Gasteiger charge is -2.01. The summed E-state index contributed by atoms with van der Waals surface area (Å²) in [5, 5.41) is 12.2. The van der Waals surface area contributed by atoms with E-state index in [0.29, 0.717) is 5.82 Å². The molecular weight excluding hydrogens is 358 g/mol. The second kappa shape index (κ2) is 5.34. The van der Waals surface area contributed by atoms with Crippen molar-refractivity contribution in [3.63, 3.8) is 0 Å². The fraction of sp³-hybridized carbons (Fsp3) is 0.222. The van der Waals surface area contributed by atoms with Crippen molar-refractivity contribution in [1.29, 1.82) is 0 Å². The van der Waals surface area contributed by atoms with Gasteiger partial charge in [0.05, 0.1) is 6.54 Å².